The molecular weight excluding hydrogens is 192 g/mol. The summed E-state index contributed by atoms with van der Waals surface area (Å²) in [6.45, 7) is 2.07. The van der Waals surface area contributed by atoms with E-state index < -0.39 is 6.09 Å². The highest BCUT2D eigenvalue weighted by Gasteiger charge is 2.01. The molecule has 0 spiro atoms. The van der Waals surface area contributed by atoms with Crippen LogP contribution in [0.2, 0.25) is 5.15 Å². The van der Waals surface area contributed by atoms with Crippen LogP contribution in [0.25, 0.3) is 0 Å². The normalized spacial score (nSPS) is 9.38. The molecule has 4 nitrogen and oxygen atoms in total. The number of hydrogen-bond donors (Lipinski definition) is 1. The molecule has 0 fully saturated rings. The summed E-state index contributed by atoms with van der Waals surface area (Å²) in [6, 6.07) is 3.17. The van der Waals surface area contributed by atoms with Crippen LogP contribution in [0.3, 0.4) is 0 Å². The number of rotatable bonds is 2. The topological polar surface area (TPSA) is 51.2 Å². The molecule has 0 bridgehead atoms. The molecule has 1 amide bonds. The van der Waals surface area contributed by atoms with Gasteiger partial charge in [-0.05, 0) is 19.1 Å². The number of halogens is 1. The first-order valence-corrected chi connectivity index (χ1v) is 4.15. The van der Waals surface area contributed by atoms with Gasteiger partial charge in [0, 0.05) is 11.9 Å². The van der Waals surface area contributed by atoms with Crippen molar-refractivity contribution in [2.45, 2.75) is 6.92 Å². The molecule has 0 aliphatic carbocycles. The molecule has 0 aliphatic rings. The Labute approximate surface area is 80.9 Å². The summed E-state index contributed by atoms with van der Waals surface area (Å²) in [6.07, 6.45) is 1.01. The van der Waals surface area contributed by atoms with Crippen LogP contribution in [0.4, 0.5) is 10.5 Å². The molecule has 0 saturated heterocycles. The zero-order valence-electron chi connectivity index (χ0n) is 7.08. The second-order valence-electron chi connectivity index (χ2n) is 2.21. The molecule has 13 heavy (non-hydrogen) atoms. The number of nitrogens with zero attached hydrogens (tertiary/aromatic N) is 1. The molecule has 1 N–H and O–H groups in total. The van der Waals surface area contributed by atoms with E-state index in [0.717, 1.165) is 0 Å². The van der Waals surface area contributed by atoms with Gasteiger partial charge in [0.15, 0.2) is 0 Å². The molecule has 1 heterocycles. The minimum atomic E-state index is -0.496. The first-order valence-electron chi connectivity index (χ1n) is 3.77. The van der Waals surface area contributed by atoms with Crippen molar-refractivity contribution in [2.24, 2.45) is 0 Å². The highest BCUT2D eigenvalue weighted by molar-refractivity contribution is 6.29. The Morgan fingerprint density at radius 1 is 1.77 bits per heavy atom. The number of amides is 1. The smallest absolute Gasteiger partial charge is 0.411 e. The Hall–Kier alpha value is -1.29. The number of ether oxygens (including phenoxy) is 1. The molecule has 1 rings (SSSR count). The van der Waals surface area contributed by atoms with Crippen molar-refractivity contribution in [2.75, 3.05) is 11.9 Å². The van der Waals surface area contributed by atoms with E-state index in [2.05, 4.69) is 15.0 Å². The molecule has 0 unspecified atom stereocenters. The fraction of sp³-hybridized carbons (Fsp3) is 0.250. The van der Waals surface area contributed by atoms with Crippen LogP contribution in [-0.4, -0.2) is 17.7 Å². The van der Waals surface area contributed by atoms with Gasteiger partial charge in [0.1, 0.15) is 5.15 Å². The van der Waals surface area contributed by atoms with Crippen LogP contribution in [-0.2, 0) is 4.74 Å². The lowest BCUT2D eigenvalue weighted by molar-refractivity contribution is 0.168. The summed E-state index contributed by atoms with van der Waals surface area (Å²) in [5.41, 5.74) is 0.568. The largest absolute Gasteiger partial charge is 0.450 e. The first kappa shape index (κ1) is 9.80. The minimum Gasteiger partial charge on any atom is -0.450 e. The van der Waals surface area contributed by atoms with E-state index in [-0.39, 0.29) is 0 Å². The summed E-state index contributed by atoms with van der Waals surface area (Å²) in [5.74, 6) is 0. The lowest BCUT2D eigenvalue weighted by Crippen LogP contribution is -2.13. The molecule has 1 aromatic rings. The highest BCUT2D eigenvalue weighted by Crippen LogP contribution is 2.11. The van der Waals surface area contributed by atoms with Gasteiger partial charge in [-0.25, -0.2) is 9.78 Å². The summed E-state index contributed by atoms with van der Waals surface area (Å²) in [7, 11) is 0. The maximum absolute atomic E-state index is 10.9. The van der Waals surface area contributed by atoms with Crippen molar-refractivity contribution in [1.82, 2.24) is 4.98 Å². The zero-order valence-corrected chi connectivity index (χ0v) is 7.84. The van der Waals surface area contributed by atoms with Gasteiger partial charge in [-0.1, -0.05) is 11.6 Å². The molecule has 0 aliphatic heterocycles. The summed E-state index contributed by atoms with van der Waals surface area (Å²) in [5, 5.41) is 2.83. The van der Waals surface area contributed by atoms with Gasteiger partial charge in [-0.2, -0.15) is 0 Å². The van der Waals surface area contributed by atoms with Gasteiger partial charge in [-0.3, -0.25) is 5.32 Å². The van der Waals surface area contributed by atoms with E-state index in [9.17, 15) is 4.79 Å². The fourth-order valence-corrected chi connectivity index (χ4v) is 0.939. The lowest BCUT2D eigenvalue weighted by Gasteiger charge is -2.04. The average Bonchev–Trinajstić information content (AvgIpc) is 2.04. The standard InChI is InChI=1S/C8H9ClN2O2/c1-2-13-8(12)11-6-3-4-10-7(9)5-6/h3-5H,2H2,1H3,(H,10,11,12). The number of carbonyl (C=O) groups excluding carboxylic acids is 1. The summed E-state index contributed by atoms with van der Waals surface area (Å²) < 4.78 is 4.67. The number of hydrogen-bond acceptors (Lipinski definition) is 3. The monoisotopic (exact) mass is 200 g/mol. The van der Waals surface area contributed by atoms with Crippen LogP contribution in [0.5, 0.6) is 0 Å². The number of pyridine rings is 1. The molecule has 70 valence electrons. The van der Waals surface area contributed by atoms with Crippen molar-refractivity contribution in [1.29, 1.82) is 0 Å². The fourth-order valence-electron chi connectivity index (χ4n) is 0.765. The molecule has 0 aromatic carbocycles. The second kappa shape index (κ2) is 4.67. The number of anilines is 1. The van der Waals surface area contributed by atoms with Crippen molar-refractivity contribution < 1.29 is 9.53 Å². The van der Waals surface area contributed by atoms with Crippen LogP contribution in [0, 0.1) is 0 Å². The average molecular weight is 201 g/mol. The second-order valence-corrected chi connectivity index (χ2v) is 2.60. The summed E-state index contributed by atoms with van der Waals surface area (Å²) in [4.78, 5) is 14.7. The summed E-state index contributed by atoms with van der Waals surface area (Å²) >= 11 is 5.60. The first-order chi connectivity index (χ1) is 6.22. The quantitative estimate of drug-likeness (QED) is 0.746. The van der Waals surface area contributed by atoms with Crippen LogP contribution < -0.4 is 5.32 Å². The van der Waals surface area contributed by atoms with Crippen LogP contribution >= 0.6 is 11.6 Å². The van der Waals surface area contributed by atoms with E-state index >= 15 is 0 Å². The molecular formula is C8H9ClN2O2. The van der Waals surface area contributed by atoms with Crippen LogP contribution in [0.1, 0.15) is 6.92 Å². The van der Waals surface area contributed by atoms with Crippen molar-refractivity contribution >= 4 is 23.4 Å². The van der Waals surface area contributed by atoms with Gasteiger partial charge >= 0.3 is 6.09 Å². The lowest BCUT2D eigenvalue weighted by atomic mass is 10.4. The van der Waals surface area contributed by atoms with Gasteiger partial charge in [0.2, 0.25) is 0 Å². The highest BCUT2D eigenvalue weighted by atomic mass is 35.5. The maximum atomic E-state index is 10.9. The maximum Gasteiger partial charge on any atom is 0.411 e. The zero-order chi connectivity index (χ0) is 9.68. The Bertz CT molecular complexity index is 304. The Kier molecular flexibility index (Phi) is 3.52. The molecule has 5 heteroatoms. The van der Waals surface area contributed by atoms with Gasteiger partial charge in [0.25, 0.3) is 0 Å². The predicted molar refractivity (Wildman–Crippen MR) is 49.9 cm³/mol. The van der Waals surface area contributed by atoms with Gasteiger partial charge in [-0.15, -0.1) is 0 Å². The van der Waals surface area contributed by atoms with E-state index in [4.69, 9.17) is 11.6 Å². The minimum absolute atomic E-state index is 0.328. The molecule has 1 aromatic heterocycles. The Morgan fingerprint density at radius 3 is 3.15 bits per heavy atom. The van der Waals surface area contributed by atoms with Crippen molar-refractivity contribution in [3.63, 3.8) is 0 Å². The predicted octanol–water partition coefficient (Wildman–Crippen LogP) is 2.30. The molecule has 0 radical (unpaired) electrons. The van der Waals surface area contributed by atoms with Crippen LogP contribution in [0.15, 0.2) is 18.3 Å². The number of carbonyl (C=O) groups is 1. The van der Waals surface area contributed by atoms with E-state index in [0.29, 0.717) is 17.4 Å². The van der Waals surface area contributed by atoms with Crippen molar-refractivity contribution in [3.05, 3.63) is 23.5 Å². The third kappa shape index (κ3) is 3.29. The van der Waals surface area contributed by atoms with E-state index in [1.165, 1.54) is 6.20 Å². The van der Waals surface area contributed by atoms with Gasteiger partial charge in [0.05, 0.1) is 6.61 Å². The number of nitrogens with one attached hydrogen (secondary N) is 1. The van der Waals surface area contributed by atoms with E-state index in [1.807, 2.05) is 0 Å². The Balaban J connectivity index is 2.58. The molecule has 0 atom stereocenters. The van der Waals surface area contributed by atoms with Crippen molar-refractivity contribution in [3.8, 4) is 0 Å². The number of aromatic nitrogens is 1. The van der Waals surface area contributed by atoms with Gasteiger partial charge < -0.3 is 4.74 Å². The third-order valence-corrected chi connectivity index (χ3v) is 1.46. The molecule has 0 saturated carbocycles. The SMILES string of the molecule is CCOC(=O)Nc1ccnc(Cl)c1. The third-order valence-electron chi connectivity index (χ3n) is 1.25. The van der Waals surface area contributed by atoms with E-state index in [1.54, 1.807) is 19.1 Å². The Morgan fingerprint density at radius 2 is 2.54 bits per heavy atom.